The van der Waals surface area contributed by atoms with E-state index in [-0.39, 0.29) is 5.75 Å². The molecule has 1 unspecified atom stereocenters. The summed E-state index contributed by atoms with van der Waals surface area (Å²) in [5.41, 5.74) is -0.722. The zero-order valence-electron chi connectivity index (χ0n) is 6.75. The van der Waals surface area contributed by atoms with Crippen molar-refractivity contribution in [2.45, 2.75) is 12.0 Å². The van der Waals surface area contributed by atoms with Gasteiger partial charge in [0, 0.05) is 30.8 Å². The molecular weight excluding hydrogens is 204 g/mol. The van der Waals surface area contributed by atoms with Crippen molar-refractivity contribution in [1.82, 2.24) is 0 Å². The van der Waals surface area contributed by atoms with Gasteiger partial charge in [-0.1, -0.05) is 0 Å². The molecule has 0 amide bonds. The van der Waals surface area contributed by atoms with Crippen molar-refractivity contribution in [2.75, 3.05) is 26.1 Å². The van der Waals surface area contributed by atoms with Crippen molar-refractivity contribution < 1.29 is 17.9 Å². The van der Waals surface area contributed by atoms with Crippen molar-refractivity contribution in [3.63, 3.8) is 0 Å². The molecule has 6 heteroatoms. The van der Waals surface area contributed by atoms with E-state index in [4.69, 9.17) is 20.2 Å². The lowest BCUT2D eigenvalue weighted by molar-refractivity contribution is 0.00137. The first kappa shape index (κ1) is 10.2. The van der Waals surface area contributed by atoms with E-state index < -0.39 is 14.7 Å². The molecule has 0 saturated carbocycles. The van der Waals surface area contributed by atoms with E-state index in [9.17, 15) is 8.42 Å². The van der Waals surface area contributed by atoms with Crippen LogP contribution < -0.4 is 0 Å². The average Bonchev–Trinajstić information content (AvgIpc) is 2.34. The van der Waals surface area contributed by atoms with E-state index in [1.54, 1.807) is 0 Å². The fraction of sp³-hybridized carbons (Fsp3) is 1.00. The molecule has 0 bridgehead atoms. The molecule has 72 valence electrons. The van der Waals surface area contributed by atoms with E-state index >= 15 is 0 Å². The summed E-state index contributed by atoms with van der Waals surface area (Å²) in [5.74, 6) is -0.182. The summed E-state index contributed by atoms with van der Waals surface area (Å²) in [6.07, 6.45) is 0.579. The molecule has 0 N–H and O–H groups in total. The van der Waals surface area contributed by atoms with Gasteiger partial charge >= 0.3 is 0 Å². The Balaban J connectivity index is 2.68. The minimum Gasteiger partial charge on any atom is -0.378 e. The van der Waals surface area contributed by atoms with Crippen LogP contribution in [0.3, 0.4) is 0 Å². The minimum absolute atomic E-state index is 0.182. The molecule has 1 fully saturated rings. The van der Waals surface area contributed by atoms with Gasteiger partial charge in [0.15, 0.2) is 0 Å². The molecule has 1 rings (SSSR count). The molecule has 1 heterocycles. The van der Waals surface area contributed by atoms with E-state index in [1.165, 1.54) is 7.11 Å². The number of hydrogen-bond donors (Lipinski definition) is 0. The molecule has 12 heavy (non-hydrogen) atoms. The van der Waals surface area contributed by atoms with Crippen molar-refractivity contribution in [1.29, 1.82) is 0 Å². The SMILES string of the molecule is COC1(CS(=O)(=O)Cl)CCOC1. The molecule has 1 atom stereocenters. The highest BCUT2D eigenvalue weighted by molar-refractivity contribution is 8.13. The highest BCUT2D eigenvalue weighted by atomic mass is 35.7. The zero-order valence-corrected chi connectivity index (χ0v) is 8.32. The topological polar surface area (TPSA) is 52.6 Å². The van der Waals surface area contributed by atoms with E-state index in [2.05, 4.69) is 0 Å². The predicted octanol–water partition coefficient (Wildman–Crippen LogP) is 0.361. The largest absolute Gasteiger partial charge is 0.378 e. The second-order valence-corrected chi connectivity index (χ2v) is 5.65. The van der Waals surface area contributed by atoms with Crippen LogP contribution in [0.1, 0.15) is 6.42 Å². The summed E-state index contributed by atoms with van der Waals surface area (Å²) in [6, 6.07) is 0. The van der Waals surface area contributed by atoms with Gasteiger partial charge in [-0.3, -0.25) is 0 Å². The van der Waals surface area contributed by atoms with Crippen LogP contribution in [0.15, 0.2) is 0 Å². The summed E-state index contributed by atoms with van der Waals surface area (Å²) in [4.78, 5) is 0. The first-order valence-electron chi connectivity index (χ1n) is 3.53. The predicted molar refractivity (Wildman–Crippen MR) is 44.8 cm³/mol. The van der Waals surface area contributed by atoms with Crippen LogP contribution in [0.4, 0.5) is 0 Å². The van der Waals surface area contributed by atoms with Gasteiger partial charge in [0.1, 0.15) is 5.60 Å². The molecule has 1 aliphatic heterocycles. The molecule has 0 spiro atoms. The Labute approximate surface area is 76.2 Å². The summed E-state index contributed by atoms with van der Waals surface area (Å²) < 4.78 is 31.7. The summed E-state index contributed by atoms with van der Waals surface area (Å²) >= 11 is 0. The molecule has 1 aliphatic rings. The van der Waals surface area contributed by atoms with Gasteiger partial charge < -0.3 is 9.47 Å². The number of ether oxygens (including phenoxy) is 2. The van der Waals surface area contributed by atoms with Gasteiger partial charge in [0.05, 0.1) is 12.4 Å². The lowest BCUT2D eigenvalue weighted by Crippen LogP contribution is -2.38. The van der Waals surface area contributed by atoms with Crippen LogP contribution >= 0.6 is 10.7 Å². The fourth-order valence-corrected chi connectivity index (χ4v) is 2.81. The number of halogens is 1. The van der Waals surface area contributed by atoms with Crippen LogP contribution in [0, 0.1) is 0 Å². The summed E-state index contributed by atoms with van der Waals surface area (Å²) in [5, 5.41) is 0. The van der Waals surface area contributed by atoms with Gasteiger partial charge in [0.2, 0.25) is 9.05 Å². The lowest BCUT2D eigenvalue weighted by atomic mass is 10.1. The van der Waals surface area contributed by atoms with Crippen molar-refractivity contribution >= 4 is 19.7 Å². The molecule has 0 aromatic rings. The average molecular weight is 215 g/mol. The Hall–Kier alpha value is 0.160. The third kappa shape index (κ3) is 2.58. The Morgan fingerprint density at radius 2 is 2.33 bits per heavy atom. The zero-order chi connectivity index (χ0) is 9.24. The lowest BCUT2D eigenvalue weighted by Gasteiger charge is -2.23. The maximum absolute atomic E-state index is 10.8. The second kappa shape index (κ2) is 3.49. The normalized spacial score (nSPS) is 30.8. The van der Waals surface area contributed by atoms with E-state index in [0.717, 1.165) is 0 Å². The van der Waals surface area contributed by atoms with Crippen molar-refractivity contribution in [2.24, 2.45) is 0 Å². The first-order valence-corrected chi connectivity index (χ1v) is 6.01. The van der Waals surface area contributed by atoms with Gasteiger partial charge in [-0.2, -0.15) is 0 Å². The van der Waals surface area contributed by atoms with Crippen LogP contribution in [-0.2, 0) is 18.5 Å². The number of hydrogen-bond acceptors (Lipinski definition) is 4. The van der Waals surface area contributed by atoms with Gasteiger partial charge in [-0.25, -0.2) is 8.42 Å². The van der Waals surface area contributed by atoms with Crippen LogP contribution in [0.25, 0.3) is 0 Å². The Kier molecular flexibility index (Phi) is 2.98. The second-order valence-electron chi connectivity index (χ2n) is 2.87. The summed E-state index contributed by atoms with van der Waals surface area (Å²) in [6.45, 7) is 0.829. The Morgan fingerprint density at radius 1 is 1.67 bits per heavy atom. The molecule has 0 aromatic heterocycles. The van der Waals surface area contributed by atoms with Crippen LogP contribution in [0.2, 0.25) is 0 Å². The monoisotopic (exact) mass is 214 g/mol. The highest BCUT2D eigenvalue weighted by Crippen LogP contribution is 2.25. The first-order chi connectivity index (χ1) is 5.47. The van der Waals surface area contributed by atoms with Gasteiger partial charge in [0.25, 0.3) is 0 Å². The molecule has 1 saturated heterocycles. The van der Waals surface area contributed by atoms with Gasteiger partial charge in [-0.15, -0.1) is 0 Å². The van der Waals surface area contributed by atoms with Gasteiger partial charge in [-0.05, 0) is 0 Å². The van der Waals surface area contributed by atoms with Crippen molar-refractivity contribution in [3.8, 4) is 0 Å². The molecule has 4 nitrogen and oxygen atoms in total. The maximum atomic E-state index is 10.8. The van der Waals surface area contributed by atoms with E-state index in [0.29, 0.717) is 19.6 Å². The highest BCUT2D eigenvalue weighted by Gasteiger charge is 2.38. The quantitative estimate of drug-likeness (QED) is 0.637. The Morgan fingerprint density at radius 3 is 2.67 bits per heavy atom. The van der Waals surface area contributed by atoms with Crippen LogP contribution in [0.5, 0.6) is 0 Å². The molecule has 0 aromatic carbocycles. The molecular formula is C6H11ClO4S. The fourth-order valence-electron chi connectivity index (χ4n) is 1.24. The van der Waals surface area contributed by atoms with Crippen LogP contribution in [-0.4, -0.2) is 40.1 Å². The Bertz CT molecular complexity index is 242. The third-order valence-electron chi connectivity index (χ3n) is 1.94. The third-order valence-corrected chi connectivity index (χ3v) is 3.13. The van der Waals surface area contributed by atoms with E-state index in [1.807, 2.05) is 0 Å². The number of rotatable bonds is 3. The number of methoxy groups -OCH3 is 1. The molecule has 0 radical (unpaired) electrons. The smallest absolute Gasteiger partial charge is 0.235 e. The summed E-state index contributed by atoms with van der Waals surface area (Å²) in [7, 11) is 3.08. The minimum atomic E-state index is -3.51. The van der Waals surface area contributed by atoms with Crippen molar-refractivity contribution in [3.05, 3.63) is 0 Å². The molecule has 0 aliphatic carbocycles. The standard InChI is InChI=1S/C6H11ClO4S/c1-10-6(2-3-11-4-6)5-12(7,8)9/h2-5H2,1H3. The maximum Gasteiger partial charge on any atom is 0.235 e.